The van der Waals surface area contributed by atoms with E-state index in [-0.39, 0.29) is 0 Å². The third-order valence-electron chi connectivity index (χ3n) is 4.23. The Kier molecular flexibility index (Phi) is 3.46. The third-order valence-corrected chi connectivity index (χ3v) is 4.23. The molecule has 0 amide bonds. The maximum absolute atomic E-state index is 3.62. The van der Waals surface area contributed by atoms with Crippen molar-refractivity contribution >= 4 is 0 Å². The van der Waals surface area contributed by atoms with Gasteiger partial charge in [0.15, 0.2) is 0 Å². The van der Waals surface area contributed by atoms with Gasteiger partial charge in [0, 0.05) is 6.04 Å². The van der Waals surface area contributed by atoms with Gasteiger partial charge in [-0.2, -0.15) is 0 Å². The maximum Gasteiger partial charge on any atom is 0.00682 e. The molecule has 1 saturated carbocycles. The molecule has 2 aliphatic carbocycles. The number of hydrogen-bond donors (Lipinski definition) is 1. The molecular weight excluding hydrogens is 206 g/mol. The Morgan fingerprint density at radius 3 is 2.88 bits per heavy atom. The van der Waals surface area contributed by atoms with E-state index in [2.05, 4.69) is 29.6 Å². The molecule has 1 aromatic rings. The fraction of sp³-hybridized carbons (Fsp3) is 0.625. The Morgan fingerprint density at radius 2 is 2.00 bits per heavy atom. The molecule has 0 bridgehead atoms. The van der Waals surface area contributed by atoms with E-state index in [1.54, 1.807) is 11.1 Å². The van der Waals surface area contributed by atoms with Gasteiger partial charge in [0.25, 0.3) is 0 Å². The van der Waals surface area contributed by atoms with Gasteiger partial charge in [-0.25, -0.2) is 0 Å². The summed E-state index contributed by atoms with van der Waals surface area (Å²) in [5, 5.41) is 3.62. The van der Waals surface area contributed by atoms with Crippen molar-refractivity contribution in [2.24, 2.45) is 0 Å². The van der Waals surface area contributed by atoms with Gasteiger partial charge < -0.3 is 5.32 Å². The second-order valence-electron chi connectivity index (χ2n) is 5.66. The van der Waals surface area contributed by atoms with E-state index in [9.17, 15) is 0 Å². The minimum absolute atomic E-state index is 0.834. The van der Waals surface area contributed by atoms with Crippen LogP contribution in [0, 0.1) is 0 Å². The zero-order valence-corrected chi connectivity index (χ0v) is 10.6. The van der Waals surface area contributed by atoms with Crippen LogP contribution < -0.4 is 5.32 Å². The molecule has 2 aliphatic rings. The molecule has 1 atom stereocenters. The molecule has 0 aromatic heterocycles. The van der Waals surface area contributed by atoms with Crippen molar-refractivity contribution in [3.05, 3.63) is 35.4 Å². The minimum atomic E-state index is 0.834. The van der Waals surface area contributed by atoms with Gasteiger partial charge in [-0.3, -0.25) is 0 Å². The molecule has 1 nitrogen and oxygen atoms in total. The molecule has 17 heavy (non-hydrogen) atoms. The molecule has 1 heteroatoms. The Bertz CT molecular complexity index is 368. The molecule has 0 saturated heterocycles. The van der Waals surface area contributed by atoms with Gasteiger partial charge >= 0.3 is 0 Å². The second kappa shape index (κ2) is 5.22. The van der Waals surface area contributed by atoms with Crippen molar-refractivity contribution in [1.82, 2.24) is 5.32 Å². The Morgan fingerprint density at radius 1 is 1.12 bits per heavy atom. The van der Waals surface area contributed by atoms with Gasteiger partial charge in [-0.15, -0.1) is 0 Å². The number of rotatable bonds is 5. The quantitative estimate of drug-likeness (QED) is 0.760. The van der Waals surface area contributed by atoms with Crippen LogP contribution in [0.1, 0.15) is 55.6 Å². The topological polar surface area (TPSA) is 12.0 Å². The lowest BCUT2D eigenvalue weighted by atomic mass is 9.80. The largest absolute Gasteiger partial charge is 0.314 e. The highest BCUT2D eigenvalue weighted by Gasteiger charge is 2.21. The smallest absolute Gasteiger partial charge is 0.00682 e. The van der Waals surface area contributed by atoms with Crippen LogP contribution in [0.2, 0.25) is 0 Å². The van der Waals surface area contributed by atoms with E-state index in [0.29, 0.717) is 0 Å². The van der Waals surface area contributed by atoms with E-state index >= 15 is 0 Å². The zero-order valence-electron chi connectivity index (χ0n) is 10.6. The number of hydrogen-bond acceptors (Lipinski definition) is 1. The molecule has 92 valence electrons. The number of aryl methyl sites for hydroxylation is 1. The highest BCUT2D eigenvalue weighted by molar-refractivity contribution is 5.32. The maximum atomic E-state index is 3.62. The van der Waals surface area contributed by atoms with E-state index < -0.39 is 0 Å². The number of benzene rings is 1. The predicted molar refractivity (Wildman–Crippen MR) is 72.4 cm³/mol. The molecule has 1 unspecified atom stereocenters. The standard InChI is InChI=1S/C16H23N/c1-2-9-16-13(5-1)6-3-7-14(16)8-4-12-17-15-10-11-15/h1-2,5,9,14-15,17H,3-4,6-8,10-12H2. The molecule has 1 fully saturated rings. The highest BCUT2D eigenvalue weighted by Crippen LogP contribution is 2.34. The first-order chi connectivity index (χ1) is 8.43. The lowest BCUT2D eigenvalue weighted by molar-refractivity contribution is 0.491. The molecular formula is C16H23N. The molecule has 0 aliphatic heterocycles. The zero-order chi connectivity index (χ0) is 11.5. The summed E-state index contributed by atoms with van der Waals surface area (Å²) < 4.78 is 0. The van der Waals surface area contributed by atoms with Crippen molar-refractivity contribution in [3.63, 3.8) is 0 Å². The van der Waals surface area contributed by atoms with Crippen LogP contribution in [-0.2, 0) is 6.42 Å². The minimum Gasteiger partial charge on any atom is -0.314 e. The van der Waals surface area contributed by atoms with Crippen LogP contribution in [0.5, 0.6) is 0 Å². The van der Waals surface area contributed by atoms with Gasteiger partial charge in [-0.1, -0.05) is 24.3 Å². The first-order valence-corrected chi connectivity index (χ1v) is 7.24. The van der Waals surface area contributed by atoms with E-state index in [1.165, 1.54) is 51.5 Å². The lowest BCUT2D eigenvalue weighted by Gasteiger charge is -2.25. The van der Waals surface area contributed by atoms with Crippen molar-refractivity contribution < 1.29 is 0 Å². The Balaban J connectivity index is 1.52. The van der Waals surface area contributed by atoms with E-state index in [0.717, 1.165) is 12.0 Å². The Hall–Kier alpha value is -0.820. The average Bonchev–Trinajstić information content (AvgIpc) is 3.19. The summed E-state index contributed by atoms with van der Waals surface area (Å²) in [6.45, 7) is 1.23. The second-order valence-corrected chi connectivity index (χ2v) is 5.66. The first-order valence-electron chi connectivity index (χ1n) is 7.24. The van der Waals surface area contributed by atoms with Gasteiger partial charge in [0.05, 0.1) is 0 Å². The molecule has 0 heterocycles. The summed E-state index contributed by atoms with van der Waals surface area (Å²) >= 11 is 0. The lowest BCUT2D eigenvalue weighted by Crippen LogP contribution is -2.18. The van der Waals surface area contributed by atoms with Crippen LogP contribution in [0.4, 0.5) is 0 Å². The van der Waals surface area contributed by atoms with Crippen LogP contribution >= 0.6 is 0 Å². The molecule has 0 radical (unpaired) electrons. The van der Waals surface area contributed by atoms with E-state index in [4.69, 9.17) is 0 Å². The molecule has 1 aromatic carbocycles. The summed E-state index contributed by atoms with van der Waals surface area (Å²) in [6, 6.07) is 9.95. The van der Waals surface area contributed by atoms with Crippen molar-refractivity contribution in [1.29, 1.82) is 0 Å². The van der Waals surface area contributed by atoms with E-state index in [1.807, 2.05) is 0 Å². The van der Waals surface area contributed by atoms with Crippen molar-refractivity contribution in [2.75, 3.05) is 6.54 Å². The predicted octanol–water partition coefficient (Wildman–Crippen LogP) is 3.64. The number of nitrogens with one attached hydrogen (secondary N) is 1. The average molecular weight is 229 g/mol. The summed E-state index contributed by atoms with van der Waals surface area (Å²) in [6.07, 6.45) is 9.62. The summed E-state index contributed by atoms with van der Waals surface area (Å²) in [5.41, 5.74) is 3.25. The van der Waals surface area contributed by atoms with Gasteiger partial charge in [-0.05, 0) is 68.5 Å². The molecule has 0 spiro atoms. The number of fused-ring (bicyclic) bond motifs is 1. The normalized spacial score (nSPS) is 23.4. The molecule has 3 rings (SSSR count). The van der Waals surface area contributed by atoms with Gasteiger partial charge in [0.1, 0.15) is 0 Å². The van der Waals surface area contributed by atoms with Crippen molar-refractivity contribution in [3.8, 4) is 0 Å². The van der Waals surface area contributed by atoms with Crippen LogP contribution in [0.25, 0.3) is 0 Å². The van der Waals surface area contributed by atoms with Crippen LogP contribution in [-0.4, -0.2) is 12.6 Å². The fourth-order valence-electron chi connectivity index (χ4n) is 3.10. The first kappa shape index (κ1) is 11.3. The SMILES string of the molecule is c1ccc2c(c1)CCCC2CCCNC1CC1. The van der Waals surface area contributed by atoms with Gasteiger partial charge in [0.2, 0.25) is 0 Å². The molecule has 1 N–H and O–H groups in total. The van der Waals surface area contributed by atoms with Crippen LogP contribution in [0.3, 0.4) is 0 Å². The van der Waals surface area contributed by atoms with Crippen molar-refractivity contribution in [2.45, 2.75) is 56.9 Å². The monoisotopic (exact) mass is 229 g/mol. The third kappa shape index (κ3) is 2.90. The van der Waals surface area contributed by atoms with Crippen LogP contribution in [0.15, 0.2) is 24.3 Å². The Labute approximate surface area is 105 Å². The fourth-order valence-corrected chi connectivity index (χ4v) is 3.10. The highest BCUT2D eigenvalue weighted by atomic mass is 14.9. The summed E-state index contributed by atoms with van der Waals surface area (Å²) in [7, 11) is 0. The summed E-state index contributed by atoms with van der Waals surface area (Å²) in [5.74, 6) is 0.834. The summed E-state index contributed by atoms with van der Waals surface area (Å²) in [4.78, 5) is 0.